The second kappa shape index (κ2) is 9.84. The van der Waals surface area contributed by atoms with E-state index in [9.17, 15) is 9.59 Å². The molecule has 0 saturated heterocycles. The van der Waals surface area contributed by atoms with Crippen molar-refractivity contribution in [1.29, 1.82) is 0 Å². The van der Waals surface area contributed by atoms with E-state index in [-0.39, 0.29) is 11.9 Å². The molecule has 98 valence electrons. The number of carbonyl (C=O) groups is 2. The summed E-state index contributed by atoms with van der Waals surface area (Å²) in [5.41, 5.74) is 0.565. The molecular weight excluding hydrogens is 220 g/mol. The maximum atomic E-state index is 11.2. The van der Waals surface area contributed by atoms with Crippen LogP contribution in [0.1, 0.15) is 26.7 Å². The molecule has 1 amide bonds. The molecule has 0 bridgehead atoms. The van der Waals surface area contributed by atoms with Gasteiger partial charge in [0.2, 0.25) is 5.91 Å². The standard InChI is InChI=1S/C12H22N2O3/c1-4-7-14-11(15)6-9-13-8-5-10(2)12(16)17-3/h5,13H,4,6-9H2,1-3H3,(H,14,15)/b10-5-. The van der Waals surface area contributed by atoms with Crippen molar-refractivity contribution >= 4 is 11.9 Å². The number of hydrogen-bond acceptors (Lipinski definition) is 4. The van der Waals surface area contributed by atoms with E-state index in [1.54, 1.807) is 13.0 Å². The van der Waals surface area contributed by atoms with Crippen LogP contribution in [-0.2, 0) is 14.3 Å². The van der Waals surface area contributed by atoms with Crippen molar-refractivity contribution in [2.75, 3.05) is 26.7 Å². The molecule has 0 spiro atoms. The highest BCUT2D eigenvalue weighted by molar-refractivity contribution is 5.87. The molecular formula is C12H22N2O3. The molecule has 0 aliphatic rings. The monoisotopic (exact) mass is 242 g/mol. The Kier molecular flexibility index (Phi) is 9.05. The van der Waals surface area contributed by atoms with Gasteiger partial charge < -0.3 is 15.4 Å². The van der Waals surface area contributed by atoms with E-state index < -0.39 is 0 Å². The number of rotatable bonds is 8. The van der Waals surface area contributed by atoms with Gasteiger partial charge in [-0.25, -0.2) is 4.79 Å². The summed E-state index contributed by atoms with van der Waals surface area (Å²) >= 11 is 0. The lowest BCUT2D eigenvalue weighted by Gasteiger charge is -2.04. The van der Waals surface area contributed by atoms with Crippen LogP contribution in [0.2, 0.25) is 0 Å². The molecule has 5 heteroatoms. The van der Waals surface area contributed by atoms with Crippen LogP contribution >= 0.6 is 0 Å². The number of methoxy groups -OCH3 is 1. The second-order valence-electron chi connectivity index (χ2n) is 3.68. The smallest absolute Gasteiger partial charge is 0.333 e. The minimum absolute atomic E-state index is 0.0491. The Balaban J connectivity index is 3.58. The third-order valence-electron chi connectivity index (χ3n) is 2.16. The van der Waals surface area contributed by atoms with Gasteiger partial charge in [0, 0.05) is 31.6 Å². The first kappa shape index (κ1) is 15.6. The fourth-order valence-corrected chi connectivity index (χ4v) is 1.13. The molecule has 0 aliphatic carbocycles. The molecule has 0 fully saturated rings. The normalized spacial score (nSPS) is 11.1. The summed E-state index contributed by atoms with van der Waals surface area (Å²) in [7, 11) is 1.35. The topological polar surface area (TPSA) is 67.4 Å². The van der Waals surface area contributed by atoms with E-state index in [1.165, 1.54) is 7.11 Å². The van der Waals surface area contributed by atoms with Crippen molar-refractivity contribution in [3.8, 4) is 0 Å². The van der Waals surface area contributed by atoms with Crippen molar-refractivity contribution < 1.29 is 14.3 Å². The predicted molar refractivity (Wildman–Crippen MR) is 66.6 cm³/mol. The summed E-state index contributed by atoms with van der Waals surface area (Å²) in [4.78, 5) is 22.2. The average Bonchev–Trinajstić information content (AvgIpc) is 2.34. The maximum Gasteiger partial charge on any atom is 0.333 e. The SMILES string of the molecule is CCCNC(=O)CCNC/C=C(/C)C(=O)OC. The lowest BCUT2D eigenvalue weighted by molar-refractivity contribution is -0.136. The first-order chi connectivity index (χ1) is 8.11. The summed E-state index contributed by atoms with van der Waals surface area (Å²) in [6.07, 6.45) is 3.14. The van der Waals surface area contributed by atoms with Crippen LogP contribution in [0.15, 0.2) is 11.6 Å². The third-order valence-corrected chi connectivity index (χ3v) is 2.16. The summed E-state index contributed by atoms with van der Waals surface area (Å²) in [6, 6.07) is 0. The third kappa shape index (κ3) is 8.45. The van der Waals surface area contributed by atoms with Gasteiger partial charge in [-0.2, -0.15) is 0 Å². The Labute approximate surface area is 103 Å². The molecule has 0 aromatic heterocycles. The van der Waals surface area contributed by atoms with Gasteiger partial charge in [0.1, 0.15) is 0 Å². The Hall–Kier alpha value is -1.36. The summed E-state index contributed by atoms with van der Waals surface area (Å²) in [5.74, 6) is -0.277. The molecule has 0 aromatic rings. The van der Waals surface area contributed by atoms with E-state index in [1.807, 2.05) is 6.92 Å². The van der Waals surface area contributed by atoms with Crippen LogP contribution in [0.5, 0.6) is 0 Å². The Morgan fingerprint density at radius 3 is 2.59 bits per heavy atom. The number of esters is 1. The van der Waals surface area contributed by atoms with E-state index in [4.69, 9.17) is 0 Å². The minimum atomic E-state index is -0.326. The molecule has 0 rings (SSSR count). The molecule has 5 nitrogen and oxygen atoms in total. The molecule has 17 heavy (non-hydrogen) atoms. The van der Waals surface area contributed by atoms with E-state index in [2.05, 4.69) is 15.4 Å². The fraction of sp³-hybridized carbons (Fsp3) is 0.667. The molecule has 2 N–H and O–H groups in total. The molecule has 0 heterocycles. The van der Waals surface area contributed by atoms with Crippen molar-refractivity contribution in [2.24, 2.45) is 0 Å². The number of carbonyl (C=O) groups excluding carboxylic acids is 2. The molecule has 0 unspecified atom stereocenters. The van der Waals surface area contributed by atoms with E-state index in [0.717, 1.165) is 13.0 Å². The van der Waals surface area contributed by atoms with Crippen LogP contribution < -0.4 is 10.6 Å². The molecule has 0 aromatic carbocycles. The molecule has 0 atom stereocenters. The van der Waals surface area contributed by atoms with Crippen LogP contribution in [0.4, 0.5) is 0 Å². The van der Waals surface area contributed by atoms with Crippen LogP contribution in [-0.4, -0.2) is 38.6 Å². The highest BCUT2D eigenvalue weighted by Gasteiger charge is 2.01. The lowest BCUT2D eigenvalue weighted by atomic mass is 10.3. The number of amides is 1. The van der Waals surface area contributed by atoms with Crippen LogP contribution in [0.25, 0.3) is 0 Å². The van der Waals surface area contributed by atoms with Crippen LogP contribution in [0, 0.1) is 0 Å². The minimum Gasteiger partial charge on any atom is -0.466 e. The zero-order valence-corrected chi connectivity index (χ0v) is 10.8. The van der Waals surface area contributed by atoms with Gasteiger partial charge in [-0.15, -0.1) is 0 Å². The van der Waals surface area contributed by atoms with Gasteiger partial charge in [-0.05, 0) is 13.3 Å². The number of hydrogen-bond donors (Lipinski definition) is 2. The largest absolute Gasteiger partial charge is 0.466 e. The molecule has 0 aliphatic heterocycles. The van der Waals surface area contributed by atoms with Gasteiger partial charge in [0.05, 0.1) is 7.11 Å². The van der Waals surface area contributed by atoms with Gasteiger partial charge in [-0.3, -0.25) is 4.79 Å². The Morgan fingerprint density at radius 1 is 1.29 bits per heavy atom. The number of ether oxygens (including phenoxy) is 1. The van der Waals surface area contributed by atoms with E-state index in [0.29, 0.717) is 25.1 Å². The van der Waals surface area contributed by atoms with Gasteiger partial charge in [0.25, 0.3) is 0 Å². The van der Waals surface area contributed by atoms with Crippen molar-refractivity contribution in [1.82, 2.24) is 10.6 Å². The zero-order valence-electron chi connectivity index (χ0n) is 10.8. The van der Waals surface area contributed by atoms with Gasteiger partial charge in [0.15, 0.2) is 0 Å². The second-order valence-corrected chi connectivity index (χ2v) is 3.68. The fourth-order valence-electron chi connectivity index (χ4n) is 1.13. The Bertz CT molecular complexity index is 275. The average molecular weight is 242 g/mol. The Morgan fingerprint density at radius 2 is 2.00 bits per heavy atom. The van der Waals surface area contributed by atoms with Crippen molar-refractivity contribution in [2.45, 2.75) is 26.7 Å². The van der Waals surface area contributed by atoms with Gasteiger partial charge in [-0.1, -0.05) is 13.0 Å². The quantitative estimate of drug-likeness (QED) is 0.372. The van der Waals surface area contributed by atoms with Crippen molar-refractivity contribution in [3.63, 3.8) is 0 Å². The lowest BCUT2D eigenvalue weighted by Crippen LogP contribution is -2.28. The first-order valence-corrected chi connectivity index (χ1v) is 5.84. The highest BCUT2D eigenvalue weighted by atomic mass is 16.5. The maximum absolute atomic E-state index is 11.2. The number of nitrogens with one attached hydrogen (secondary N) is 2. The zero-order chi connectivity index (χ0) is 13.1. The predicted octanol–water partition coefficient (Wildman–Crippen LogP) is 0.612. The van der Waals surface area contributed by atoms with Gasteiger partial charge >= 0.3 is 5.97 Å². The summed E-state index contributed by atoms with van der Waals surface area (Å²) in [5, 5.41) is 5.85. The van der Waals surface area contributed by atoms with Crippen LogP contribution in [0.3, 0.4) is 0 Å². The van der Waals surface area contributed by atoms with E-state index >= 15 is 0 Å². The van der Waals surface area contributed by atoms with Crippen molar-refractivity contribution in [3.05, 3.63) is 11.6 Å². The highest BCUT2D eigenvalue weighted by Crippen LogP contribution is 1.93. The first-order valence-electron chi connectivity index (χ1n) is 5.84. The summed E-state index contributed by atoms with van der Waals surface area (Å²) in [6.45, 7) is 5.59. The molecule has 0 radical (unpaired) electrons. The summed E-state index contributed by atoms with van der Waals surface area (Å²) < 4.78 is 4.55. The molecule has 0 saturated carbocycles.